The van der Waals surface area contributed by atoms with E-state index in [1.54, 1.807) is 0 Å². The van der Waals surface area contributed by atoms with E-state index in [1.165, 1.54) is 0 Å². The molecule has 1 fully saturated rings. The first-order chi connectivity index (χ1) is 3.79. The summed E-state index contributed by atoms with van der Waals surface area (Å²) in [7, 11) is 0. The fraction of sp³-hybridized carbons (Fsp3) is 0.500. The van der Waals surface area contributed by atoms with Crippen LogP contribution in [0.25, 0.3) is 0 Å². The molecule has 48 valence electrons. The molecule has 0 spiro atoms. The molecule has 0 bridgehead atoms. The van der Waals surface area contributed by atoms with E-state index in [9.17, 15) is 9.59 Å². The summed E-state index contributed by atoms with van der Waals surface area (Å²) in [5.41, 5.74) is 0. The molecule has 1 saturated heterocycles. The minimum absolute atomic E-state index is 0. The van der Waals surface area contributed by atoms with E-state index in [1.807, 2.05) is 0 Å². The van der Waals surface area contributed by atoms with Crippen LogP contribution in [0.5, 0.6) is 0 Å². The molecular formula is C4H10N2O2. The van der Waals surface area contributed by atoms with Gasteiger partial charge in [-0.15, -0.1) is 0 Å². The van der Waals surface area contributed by atoms with Crippen LogP contribution in [0.2, 0.25) is 0 Å². The molecule has 8 heavy (non-hydrogen) atoms. The third-order valence-electron chi connectivity index (χ3n) is 0.892. The maximum atomic E-state index is 10.3. The molecule has 0 aromatic rings. The van der Waals surface area contributed by atoms with E-state index in [4.69, 9.17) is 0 Å². The van der Waals surface area contributed by atoms with Crippen molar-refractivity contribution in [2.24, 2.45) is 0 Å². The van der Waals surface area contributed by atoms with Crippen molar-refractivity contribution in [1.29, 1.82) is 0 Å². The fourth-order valence-electron chi connectivity index (χ4n) is 0.483. The van der Waals surface area contributed by atoms with Crippen LogP contribution >= 0.6 is 0 Å². The van der Waals surface area contributed by atoms with Crippen LogP contribution in [-0.2, 0) is 9.59 Å². The van der Waals surface area contributed by atoms with Gasteiger partial charge in [-0.3, -0.25) is 9.59 Å². The van der Waals surface area contributed by atoms with Gasteiger partial charge in [0.1, 0.15) is 0 Å². The molecule has 0 radical (unpaired) electrons. The Hall–Kier alpha value is -1.06. The summed E-state index contributed by atoms with van der Waals surface area (Å²) in [4.78, 5) is 20.6. The molecule has 1 aliphatic heterocycles. The molecule has 4 heteroatoms. The zero-order chi connectivity index (χ0) is 5.98. The lowest BCUT2D eigenvalue weighted by atomic mass is 10.4. The summed E-state index contributed by atoms with van der Waals surface area (Å²) < 4.78 is 0. The van der Waals surface area contributed by atoms with Gasteiger partial charge in [0.05, 0.1) is 13.1 Å². The molecule has 0 aromatic carbocycles. The molecule has 0 atom stereocenters. The van der Waals surface area contributed by atoms with Crippen LogP contribution in [0.15, 0.2) is 0 Å². The Morgan fingerprint density at radius 1 is 1.12 bits per heavy atom. The SMILES string of the molecule is O=C1CNC(=O)CN1.[HH].[HH]. The van der Waals surface area contributed by atoms with Crippen LogP contribution in [0.1, 0.15) is 2.85 Å². The van der Waals surface area contributed by atoms with E-state index in [0.29, 0.717) is 0 Å². The van der Waals surface area contributed by atoms with Gasteiger partial charge >= 0.3 is 0 Å². The Kier molecular flexibility index (Phi) is 1.15. The van der Waals surface area contributed by atoms with Crippen LogP contribution in [0, 0.1) is 0 Å². The predicted octanol–water partition coefficient (Wildman–Crippen LogP) is -1.28. The minimum Gasteiger partial charge on any atom is -0.346 e. The number of amides is 2. The number of hydrogen-bond donors (Lipinski definition) is 2. The number of carbonyl (C=O) groups is 2. The number of carbonyl (C=O) groups excluding carboxylic acids is 2. The molecule has 1 rings (SSSR count). The zero-order valence-corrected chi connectivity index (χ0v) is 4.23. The minimum atomic E-state index is -0.121. The summed E-state index contributed by atoms with van der Waals surface area (Å²) in [6.45, 7) is 0.248. The number of hydrogen-bond acceptors (Lipinski definition) is 2. The van der Waals surface area contributed by atoms with Gasteiger partial charge in [0.2, 0.25) is 11.8 Å². The van der Waals surface area contributed by atoms with Crippen LogP contribution in [0.3, 0.4) is 0 Å². The highest BCUT2D eigenvalue weighted by atomic mass is 16.2. The zero-order valence-electron chi connectivity index (χ0n) is 4.23. The van der Waals surface area contributed by atoms with Crippen LogP contribution in [-0.4, -0.2) is 24.9 Å². The van der Waals surface area contributed by atoms with E-state index in [-0.39, 0.29) is 27.8 Å². The van der Waals surface area contributed by atoms with E-state index >= 15 is 0 Å². The predicted molar refractivity (Wildman–Crippen MR) is 30.2 cm³/mol. The van der Waals surface area contributed by atoms with Crippen LogP contribution in [0.4, 0.5) is 0 Å². The largest absolute Gasteiger partial charge is 0.346 e. The average Bonchev–Trinajstić information content (AvgIpc) is 1.77. The summed E-state index contributed by atoms with van der Waals surface area (Å²) in [5, 5.41) is 4.76. The van der Waals surface area contributed by atoms with Crippen molar-refractivity contribution in [3.05, 3.63) is 0 Å². The molecule has 0 aliphatic carbocycles. The van der Waals surface area contributed by atoms with Crippen LogP contribution < -0.4 is 10.6 Å². The summed E-state index contributed by atoms with van der Waals surface area (Å²) in [5.74, 6) is -0.241. The average molecular weight is 118 g/mol. The molecule has 1 heterocycles. The number of rotatable bonds is 0. The van der Waals surface area contributed by atoms with Gasteiger partial charge in [-0.25, -0.2) is 0 Å². The summed E-state index contributed by atoms with van der Waals surface area (Å²) in [6, 6.07) is 0. The second kappa shape index (κ2) is 1.81. The van der Waals surface area contributed by atoms with Crippen molar-refractivity contribution in [2.45, 2.75) is 0 Å². The Morgan fingerprint density at radius 3 is 1.75 bits per heavy atom. The van der Waals surface area contributed by atoms with E-state index in [2.05, 4.69) is 10.6 Å². The molecule has 2 amide bonds. The maximum absolute atomic E-state index is 10.3. The highest BCUT2D eigenvalue weighted by Crippen LogP contribution is 1.72. The van der Waals surface area contributed by atoms with Gasteiger partial charge in [-0.05, 0) is 0 Å². The lowest BCUT2D eigenvalue weighted by molar-refractivity contribution is -0.130. The van der Waals surface area contributed by atoms with Crippen molar-refractivity contribution >= 4 is 11.8 Å². The maximum Gasteiger partial charge on any atom is 0.239 e. The second-order valence-corrected chi connectivity index (χ2v) is 1.55. The highest BCUT2D eigenvalue weighted by Gasteiger charge is 2.11. The topological polar surface area (TPSA) is 58.2 Å². The van der Waals surface area contributed by atoms with Gasteiger partial charge in [0.25, 0.3) is 0 Å². The van der Waals surface area contributed by atoms with Gasteiger partial charge < -0.3 is 10.6 Å². The molecule has 1 aliphatic rings. The number of nitrogens with one attached hydrogen (secondary N) is 2. The third-order valence-corrected chi connectivity index (χ3v) is 0.892. The van der Waals surface area contributed by atoms with Crippen molar-refractivity contribution < 1.29 is 12.4 Å². The third kappa shape index (κ3) is 0.959. The summed E-state index contributed by atoms with van der Waals surface area (Å²) >= 11 is 0. The first-order valence-corrected chi connectivity index (χ1v) is 2.32. The lowest BCUT2D eigenvalue weighted by Gasteiger charge is -2.10. The molecule has 4 nitrogen and oxygen atoms in total. The molecule has 0 aromatic heterocycles. The lowest BCUT2D eigenvalue weighted by Crippen LogP contribution is -2.48. The van der Waals surface area contributed by atoms with Gasteiger partial charge in [0.15, 0.2) is 0 Å². The van der Waals surface area contributed by atoms with Crippen molar-refractivity contribution in [2.75, 3.05) is 13.1 Å². The molecule has 0 unspecified atom stereocenters. The fourth-order valence-corrected chi connectivity index (χ4v) is 0.483. The quantitative estimate of drug-likeness (QED) is 0.416. The number of piperazine rings is 1. The van der Waals surface area contributed by atoms with E-state index < -0.39 is 0 Å². The first-order valence-electron chi connectivity index (χ1n) is 2.32. The second-order valence-electron chi connectivity index (χ2n) is 1.55. The Balaban J connectivity index is 0. The van der Waals surface area contributed by atoms with Gasteiger partial charge in [0, 0.05) is 2.85 Å². The Morgan fingerprint density at radius 2 is 1.50 bits per heavy atom. The monoisotopic (exact) mass is 118 g/mol. The first kappa shape index (κ1) is 5.08. The Bertz CT molecular complexity index is 111. The molecule has 0 saturated carbocycles. The van der Waals surface area contributed by atoms with Crippen molar-refractivity contribution in [3.8, 4) is 0 Å². The smallest absolute Gasteiger partial charge is 0.239 e. The van der Waals surface area contributed by atoms with Crippen molar-refractivity contribution in [1.82, 2.24) is 10.6 Å². The van der Waals surface area contributed by atoms with Gasteiger partial charge in [-0.1, -0.05) is 0 Å². The van der Waals surface area contributed by atoms with E-state index in [0.717, 1.165) is 0 Å². The normalized spacial score (nSPS) is 19.5. The van der Waals surface area contributed by atoms with Gasteiger partial charge in [-0.2, -0.15) is 0 Å². The highest BCUT2D eigenvalue weighted by molar-refractivity contribution is 5.92. The Labute approximate surface area is 49.2 Å². The molecule has 2 N–H and O–H groups in total. The van der Waals surface area contributed by atoms with Crippen molar-refractivity contribution in [3.63, 3.8) is 0 Å². The molecular weight excluding hydrogens is 108 g/mol. The summed E-state index contributed by atoms with van der Waals surface area (Å²) in [6.07, 6.45) is 0. The standard InChI is InChI=1S/C4H6N2O2.2H2/c7-3-1-5-4(8)2-6-3;;/h1-2H2,(H,5,8)(H,6,7);2*1H.